The standard InChI is InChI=1S/C20H32O2/c1-5-6-7-8-9-10-15-22-20(21)17(4)19-13-11-18(12-14-19)16(2)3/h11-14,16-17H,5-10,15H2,1-4H3/t17-/m0/s1. The van der Waals surface area contributed by atoms with Crippen molar-refractivity contribution in [3.05, 3.63) is 35.4 Å². The number of carbonyl (C=O) groups excluding carboxylic acids is 1. The minimum Gasteiger partial charge on any atom is -0.465 e. The summed E-state index contributed by atoms with van der Waals surface area (Å²) in [5.41, 5.74) is 2.34. The Labute approximate surface area is 136 Å². The minimum atomic E-state index is -0.179. The molecule has 0 saturated carbocycles. The van der Waals surface area contributed by atoms with E-state index in [0.29, 0.717) is 12.5 Å². The third-order valence-electron chi connectivity index (χ3n) is 4.20. The fraction of sp³-hybridized carbons (Fsp3) is 0.650. The normalized spacial score (nSPS) is 12.4. The van der Waals surface area contributed by atoms with Crippen LogP contribution in [0.5, 0.6) is 0 Å². The zero-order valence-corrected chi connectivity index (χ0v) is 14.7. The van der Waals surface area contributed by atoms with E-state index in [2.05, 4.69) is 32.9 Å². The van der Waals surface area contributed by atoms with Crippen molar-refractivity contribution in [2.24, 2.45) is 0 Å². The van der Waals surface area contributed by atoms with E-state index in [-0.39, 0.29) is 11.9 Å². The summed E-state index contributed by atoms with van der Waals surface area (Å²) in [4.78, 5) is 12.1. The van der Waals surface area contributed by atoms with E-state index in [0.717, 1.165) is 18.4 Å². The van der Waals surface area contributed by atoms with Gasteiger partial charge in [0.1, 0.15) is 0 Å². The van der Waals surface area contributed by atoms with Gasteiger partial charge < -0.3 is 4.74 Å². The number of hydrogen-bond donors (Lipinski definition) is 0. The SMILES string of the molecule is CCCCCCCCOC(=O)[C@@H](C)c1ccc(C(C)C)cc1. The molecule has 2 nitrogen and oxygen atoms in total. The van der Waals surface area contributed by atoms with Crippen LogP contribution in [0.15, 0.2) is 24.3 Å². The van der Waals surface area contributed by atoms with Crippen LogP contribution in [0, 0.1) is 0 Å². The van der Waals surface area contributed by atoms with Crippen molar-refractivity contribution in [3.8, 4) is 0 Å². The molecular formula is C20H32O2. The van der Waals surface area contributed by atoms with Crippen molar-refractivity contribution < 1.29 is 9.53 Å². The molecule has 0 radical (unpaired) electrons. The van der Waals surface area contributed by atoms with E-state index in [9.17, 15) is 4.79 Å². The lowest BCUT2D eigenvalue weighted by molar-refractivity contribution is -0.145. The number of hydrogen-bond acceptors (Lipinski definition) is 2. The number of rotatable bonds is 10. The van der Waals surface area contributed by atoms with E-state index in [1.807, 2.05) is 19.1 Å². The zero-order chi connectivity index (χ0) is 16.4. The van der Waals surface area contributed by atoms with Crippen molar-refractivity contribution in [2.45, 2.75) is 78.1 Å². The Kier molecular flexibility index (Phi) is 8.88. The highest BCUT2D eigenvalue weighted by Crippen LogP contribution is 2.21. The summed E-state index contributed by atoms with van der Waals surface area (Å²) in [5.74, 6) is 0.233. The first-order valence-electron chi connectivity index (χ1n) is 8.82. The second kappa shape index (κ2) is 10.4. The van der Waals surface area contributed by atoms with Crippen LogP contribution in [0.3, 0.4) is 0 Å². The lowest BCUT2D eigenvalue weighted by atomic mass is 9.96. The molecule has 0 bridgehead atoms. The highest BCUT2D eigenvalue weighted by molar-refractivity contribution is 5.77. The maximum Gasteiger partial charge on any atom is 0.313 e. The highest BCUT2D eigenvalue weighted by Gasteiger charge is 2.16. The smallest absolute Gasteiger partial charge is 0.313 e. The Morgan fingerprint density at radius 2 is 1.45 bits per heavy atom. The second-order valence-corrected chi connectivity index (χ2v) is 6.48. The monoisotopic (exact) mass is 304 g/mol. The van der Waals surface area contributed by atoms with Crippen LogP contribution in [-0.2, 0) is 9.53 Å². The molecule has 0 spiro atoms. The Bertz CT molecular complexity index is 420. The zero-order valence-electron chi connectivity index (χ0n) is 14.7. The predicted molar refractivity (Wildman–Crippen MR) is 93.3 cm³/mol. The third-order valence-corrected chi connectivity index (χ3v) is 4.20. The number of ether oxygens (including phenoxy) is 1. The molecule has 0 aliphatic carbocycles. The first-order valence-corrected chi connectivity index (χ1v) is 8.82. The van der Waals surface area contributed by atoms with E-state index >= 15 is 0 Å². The Balaban J connectivity index is 2.29. The fourth-order valence-corrected chi connectivity index (χ4v) is 2.49. The summed E-state index contributed by atoms with van der Waals surface area (Å²) >= 11 is 0. The van der Waals surface area contributed by atoms with Crippen LogP contribution >= 0.6 is 0 Å². The molecule has 124 valence electrons. The van der Waals surface area contributed by atoms with Gasteiger partial charge in [0, 0.05) is 0 Å². The molecule has 1 aromatic rings. The number of carbonyl (C=O) groups is 1. The fourth-order valence-electron chi connectivity index (χ4n) is 2.49. The Hall–Kier alpha value is -1.31. The van der Waals surface area contributed by atoms with Crippen molar-refractivity contribution in [2.75, 3.05) is 6.61 Å². The van der Waals surface area contributed by atoms with Crippen molar-refractivity contribution >= 4 is 5.97 Å². The minimum absolute atomic E-state index is 0.106. The van der Waals surface area contributed by atoms with Crippen LogP contribution in [0.4, 0.5) is 0 Å². The second-order valence-electron chi connectivity index (χ2n) is 6.48. The molecule has 0 aromatic heterocycles. The molecule has 0 N–H and O–H groups in total. The molecular weight excluding hydrogens is 272 g/mol. The van der Waals surface area contributed by atoms with E-state index < -0.39 is 0 Å². The van der Waals surface area contributed by atoms with Crippen molar-refractivity contribution in [3.63, 3.8) is 0 Å². The highest BCUT2D eigenvalue weighted by atomic mass is 16.5. The van der Waals surface area contributed by atoms with Gasteiger partial charge >= 0.3 is 5.97 Å². The summed E-state index contributed by atoms with van der Waals surface area (Å²) in [6.07, 6.45) is 7.26. The Morgan fingerprint density at radius 3 is 2.05 bits per heavy atom. The van der Waals surface area contributed by atoms with Crippen LogP contribution in [0.25, 0.3) is 0 Å². The van der Waals surface area contributed by atoms with Crippen LogP contribution in [0.2, 0.25) is 0 Å². The lowest BCUT2D eigenvalue weighted by Gasteiger charge is -2.13. The molecule has 0 saturated heterocycles. The molecule has 0 unspecified atom stereocenters. The molecule has 0 aliphatic rings. The number of benzene rings is 1. The van der Waals surface area contributed by atoms with Gasteiger partial charge in [0.2, 0.25) is 0 Å². The van der Waals surface area contributed by atoms with Gasteiger partial charge in [0.05, 0.1) is 12.5 Å². The predicted octanol–water partition coefficient (Wildman–Crippen LogP) is 5.82. The Morgan fingerprint density at radius 1 is 0.909 bits per heavy atom. The molecule has 0 fully saturated rings. The largest absolute Gasteiger partial charge is 0.465 e. The van der Waals surface area contributed by atoms with Crippen LogP contribution in [-0.4, -0.2) is 12.6 Å². The van der Waals surface area contributed by atoms with Gasteiger partial charge in [0.25, 0.3) is 0 Å². The summed E-state index contributed by atoms with van der Waals surface area (Å²) in [5, 5.41) is 0. The quantitative estimate of drug-likeness (QED) is 0.402. The van der Waals surface area contributed by atoms with Crippen LogP contribution < -0.4 is 0 Å². The first kappa shape index (κ1) is 18.7. The summed E-state index contributed by atoms with van der Waals surface area (Å²) in [6, 6.07) is 8.31. The summed E-state index contributed by atoms with van der Waals surface area (Å²) in [6.45, 7) is 9.05. The summed E-state index contributed by atoms with van der Waals surface area (Å²) in [7, 11) is 0. The maximum absolute atomic E-state index is 12.1. The molecule has 22 heavy (non-hydrogen) atoms. The maximum atomic E-state index is 12.1. The van der Waals surface area contributed by atoms with Gasteiger partial charge in [-0.15, -0.1) is 0 Å². The average molecular weight is 304 g/mol. The van der Waals surface area contributed by atoms with E-state index in [4.69, 9.17) is 4.74 Å². The van der Waals surface area contributed by atoms with Crippen LogP contribution in [0.1, 0.15) is 89.2 Å². The number of esters is 1. The molecule has 0 amide bonds. The van der Waals surface area contributed by atoms with Gasteiger partial charge in [-0.2, -0.15) is 0 Å². The average Bonchev–Trinajstić information content (AvgIpc) is 2.53. The molecule has 0 aliphatic heterocycles. The van der Waals surface area contributed by atoms with Gasteiger partial charge in [-0.3, -0.25) is 4.79 Å². The summed E-state index contributed by atoms with van der Waals surface area (Å²) < 4.78 is 5.40. The van der Waals surface area contributed by atoms with Crippen molar-refractivity contribution in [1.82, 2.24) is 0 Å². The third kappa shape index (κ3) is 6.64. The molecule has 0 heterocycles. The molecule has 2 heteroatoms. The van der Waals surface area contributed by atoms with Gasteiger partial charge in [-0.1, -0.05) is 77.1 Å². The van der Waals surface area contributed by atoms with E-state index in [1.54, 1.807) is 0 Å². The van der Waals surface area contributed by atoms with Gasteiger partial charge in [0.15, 0.2) is 0 Å². The van der Waals surface area contributed by atoms with E-state index in [1.165, 1.54) is 31.2 Å². The van der Waals surface area contributed by atoms with Gasteiger partial charge in [-0.25, -0.2) is 0 Å². The van der Waals surface area contributed by atoms with Crippen molar-refractivity contribution in [1.29, 1.82) is 0 Å². The lowest BCUT2D eigenvalue weighted by Crippen LogP contribution is -2.14. The first-order chi connectivity index (χ1) is 10.6. The molecule has 1 aromatic carbocycles. The molecule has 1 rings (SSSR count). The van der Waals surface area contributed by atoms with Gasteiger partial charge in [-0.05, 0) is 30.4 Å². The topological polar surface area (TPSA) is 26.3 Å². The number of unbranched alkanes of at least 4 members (excludes halogenated alkanes) is 5. The molecule has 1 atom stereocenters.